The van der Waals surface area contributed by atoms with Crippen molar-refractivity contribution in [2.24, 2.45) is 5.92 Å². The van der Waals surface area contributed by atoms with E-state index >= 15 is 0 Å². The Morgan fingerprint density at radius 1 is 1.40 bits per heavy atom. The molecule has 1 aliphatic carbocycles. The van der Waals surface area contributed by atoms with Crippen molar-refractivity contribution >= 4 is 5.91 Å². The number of hydrogen-bond donors (Lipinski definition) is 2. The maximum atomic E-state index is 13.0. The van der Waals surface area contributed by atoms with Crippen LogP contribution in [0, 0.1) is 5.92 Å². The Morgan fingerprint density at radius 2 is 2.24 bits per heavy atom. The summed E-state index contributed by atoms with van der Waals surface area (Å²) in [6, 6.07) is 7.34. The Morgan fingerprint density at radius 3 is 3.00 bits per heavy atom. The number of aromatic nitrogens is 3. The molecule has 25 heavy (non-hydrogen) atoms. The maximum absolute atomic E-state index is 13.0. The van der Waals surface area contributed by atoms with Crippen LogP contribution in [0.4, 0.5) is 0 Å². The van der Waals surface area contributed by atoms with Gasteiger partial charge in [0.05, 0.1) is 24.9 Å². The van der Waals surface area contributed by atoms with E-state index in [-0.39, 0.29) is 12.5 Å². The average Bonchev–Trinajstić information content (AvgIpc) is 3.29. The third-order valence-corrected chi connectivity index (χ3v) is 4.94. The number of aliphatic hydroxyl groups is 1. The van der Waals surface area contributed by atoms with Gasteiger partial charge in [-0.25, -0.2) is 0 Å². The highest BCUT2D eigenvalue weighted by Gasteiger charge is 2.39. The van der Waals surface area contributed by atoms with Crippen molar-refractivity contribution in [3.8, 4) is 5.75 Å². The molecule has 0 spiro atoms. The van der Waals surface area contributed by atoms with Crippen molar-refractivity contribution < 1.29 is 14.6 Å². The third-order valence-electron chi connectivity index (χ3n) is 4.94. The van der Waals surface area contributed by atoms with Gasteiger partial charge in [-0.05, 0) is 43.7 Å². The summed E-state index contributed by atoms with van der Waals surface area (Å²) in [6.45, 7) is 1.47. The molecule has 7 heteroatoms. The van der Waals surface area contributed by atoms with E-state index in [1.165, 1.54) is 19.0 Å². The summed E-state index contributed by atoms with van der Waals surface area (Å²) in [5.41, 5.74) is -0.138. The smallest absolute Gasteiger partial charge is 0.257 e. The number of piperidine rings is 1. The second-order valence-corrected chi connectivity index (χ2v) is 6.97. The van der Waals surface area contributed by atoms with Crippen molar-refractivity contribution in [3.63, 3.8) is 0 Å². The van der Waals surface area contributed by atoms with E-state index in [9.17, 15) is 9.90 Å². The number of benzene rings is 1. The van der Waals surface area contributed by atoms with Crippen LogP contribution in [0.1, 0.15) is 41.7 Å². The van der Waals surface area contributed by atoms with Gasteiger partial charge in [-0.3, -0.25) is 4.79 Å². The lowest BCUT2D eigenvalue weighted by atomic mass is 9.89. The lowest BCUT2D eigenvalue weighted by molar-refractivity contribution is -0.0321. The van der Waals surface area contributed by atoms with E-state index in [4.69, 9.17) is 4.74 Å². The van der Waals surface area contributed by atoms with E-state index in [0.29, 0.717) is 48.9 Å². The minimum absolute atomic E-state index is 0.118. The van der Waals surface area contributed by atoms with Gasteiger partial charge in [0.1, 0.15) is 17.0 Å². The van der Waals surface area contributed by atoms with Crippen LogP contribution < -0.4 is 4.74 Å². The molecule has 1 aliphatic heterocycles. The van der Waals surface area contributed by atoms with Gasteiger partial charge in [0.25, 0.3) is 5.91 Å². The number of para-hydroxylation sites is 1. The Balaban J connectivity index is 1.52. The van der Waals surface area contributed by atoms with E-state index < -0.39 is 5.60 Å². The van der Waals surface area contributed by atoms with E-state index in [1.54, 1.807) is 11.0 Å². The molecule has 0 bridgehead atoms. The van der Waals surface area contributed by atoms with Gasteiger partial charge < -0.3 is 14.7 Å². The summed E-state index contributed by atoms with van der Waals surface area (Å²) in [6.07, 6.45) is 5.18. The van der Waals surface area contributed by atoms with Crippen LogP contribution in [-0.4, -0.2) is 51.0 Å². The summed E-state index contributed by atoms with van der Waals surface area (Å²) in [5.74, 6) is 1.12. The van der Waals surface area contributed by atoms with Crippen LogP contribution in [0.25, 0.3) is 0 Å². The monoisotopic (exact) mass is 342 g/mol. The fourth-order valence-electron chi connectivity index (χ4n) is 3.28. The molecule has 1 aromatic heterocycles. The Hall–Kier alpha value is -2.41. The van der Waals surface area contributed by atoms with Gasteiger partial charge in [0.15, 0.2) is 0 Å². The van der Waals surface area contributed by atoms with E-state index in [0.717, 1.165) is 0 Å². The number of aromatic amines is 1. The minimum atomic E-state index is -1.16. The zero-order valence-electron chi connectivity index (χ0n) is 14.0. The molecule has 2 aromatic rings. The predicted octanol–water partition coefficient (Wildman–Crippen LogP) is 1.72. The quantitative estimate of drug-likeness (QED) is 0.863. The molecular weight excluding hydrogens is 320 g/mol. The molecule has 1 atom stereocenters. The molecule has 1 saturated heterocycles. The van der Waals surface area contributed by atoms with Crippen LogP contribution >= 0.6 is 0 Å². The van der Waals surface area contributed by atoms with Crippen LogP contribution in [0.15, 0.2) is 30.5 Å². The molecule has 7 nitrogen and oxygen atoms in total. The van der Waals surface area contributed by atoms with Crippen molar-refractivity contribution in [2.75, 3.05) is 19.7 Å². The molecule has 4 rings (SSSR count). The normalized spacial score (nSPS) is 23.5. The van der Waals surface area contributed by atoms with Crippen molar-refractivity contribution in [1.82, 2.24) is 20.3 Å². The highest BCUT2D eigenvalue weighted by atomic mass is 16.5. The first-order valence-corrected chi connectivity index (χ1v) is 8.75. The molecule has 0 radical (unpaired) electrons. The molecule has 2 N–H and O–H groups in total. The van der Waals surface area contributed by atoms with Crippen LogP contribution in [-0.2, 0) is 5.60 Å². The summed E-state index contributed by atoms with van der Waals surface area (Å²) < 4.78 is 5.86. The van der Waals surface area contributed by atoms with Crippen molar-refractivity contribution in [1.29, 1.82) is 0 Å². The molecule has 2 aliphatic rings. The topological polar surface area (TPSA) is 91.3 Å². The molecule has 2 fully saturated rings. The number of β-amino-alcohol motifs (C(OH)–C–C–N with tert-alkyl or cyclic N) is 1. The molecule has 2 heterocycles. The molecule has 1 unspecified atom stereocenters. The minimum Gasteiger partial charge on any atom is -0.492 e. The Kier molecular flexibility index (Phi) is 4.17. The second-order valence-electron chi connectivity index (χ2n) is 6.97. The van der Waals surface area contributed by atoms with Gasteiger partial charge in [-0.1, -0.05) is 12.1 Å². The predicted molar refractivity (Wildman–Crippen MR) is 90.1 cm³/mol. The summed E-state index contributed by atoms with van der Waals surface area (Å²) >= 11 is 0. The molecule has 132 valence electrons. The van der Waals surface area contributed by atoms with Gasteiger partial charge in [0.2, 0.25) is 0 Å². The first-order valence-electron chi connectivity index (χ1n) is 8.75. The fourth-order valence-corrected chi connectivity index (χ4v) is 3.28. The summed E-state index contributed by atoms with van der Waals surface area (Å²) in [7, 11) is 0. The number of hydrogen-bond acceptors (Lipinski definition) is 5. The molecule has 1 amide bonds. The summed E-state index contributed by atoms with van der Waals surface area (Å²) in [5, 5.41) is 21.2. The van der Waals surface area contributed by atoms with Gasteiger partial charge in [-0.15, -0.1) is 0 Å². The highest BCUT2D eigenvalue weighted by molar-refractivity contribution is 5.97. The number of nitrogens with zero attached hydrogens (tertiary/aromatic N) is 3. The van der Waals surface area contributed by atoms with Crippen molar-refractivity contribution in [2.45, 2.75) is 31.3 Å². The van der Waals surface area contributed by atoms with Gasteiger partial charge in [-0.2, -0.15) is 15.4 Å². The SMILES string of the molecule is O=C(c1ccccc1OCC1CC1)N1CCCC(O)(c2cn[nH]n2)C1. The number of carbonyl (C=O) groups is 1. The number of H-pyrrole nitrogens is 1. The van der Waals surface area contributed by atoms with E-state index in [2.05, 4.69) is 15.4 Å². The lowest BCUT2D eigenvalue weighted by Crippen LogP contribution is -2.48. The molecule has 1 aromatic carbocycles. The van der Waals surface area contributed by atoms with Crippen LogP contribution in [0.2, 0.25) is 0 Å². The number of carbonyl (C=O) groups excluding carboxylic acids is 1. The average molecular weight is 342 g/mol. The Labute approximate surface area is 146 Å². The lowest BCUT2D eigenvalue weighted by Gasteiger charge is -2.38. The number of rotatable bonds is 5. The van der Waals surface area contributed by atoms with Gasteiger partial charge in [0, 0.05) is 6.54 Å². The largest absolute Gasteiger partial charge is 0.492 e. The highest BCUT2D eigenvalue weighted by Crippen LogP contribution is 2.33. The Bertz CT molecular complexity index is 745. The van der Waals surface area contributed by atoms with Crippen molar-refractivity contribution in [3.05, 3.63) is 41.7 Å². The second kappa shape index (κ2) is 6.48. The zero-order valence-corrected chi connectivity index (χ0v) is 14.0. The number of nitrogens with one attached hydrogen (secondary N) is 1. The van der Waals surface area contributed by atoms with Crippen LogP contribution in [0.3, 0.4) is 0 Å². The summed E-state index contributed by atoms with van der Waals surface area (Å²) in [4.78, 5) is 14.7. The third kappa shape index (κ3) is 3.37. The first kappa shape index (κ1) is 16.1. The molecule has 1 saturated carbocycles. The van der Waals surface area contributed by atoms with Crippen LogP contribution in [0.5, 0.6) is 5.75 Å². The van der Waals surface area contributed by atoms with E-state index in [1.807, 2.05) is 18.2 Å². The van der Waals surface area contributed by atoms with Gasteiger partial charge >= 0.3 is 0 Å². The first-order chi connectivity index (χ1) is 12.2. The number of amides is 1. The molecular formula is C18H22N4O3. The fraction of sp³-hybridized carbons (Fsp3) is 0.500. The number of ether oxygens (including phenoxy) is 1. The zero-order chi connectivity index (χ0) is 17.3. The standard InChI is InChI=1S/C18H22N4O3/c23-17(14-4-1-2-5-15(14)25-11-13-6-7-13)22-9-3-8-18(24,12-22)16-10-19-21-20-16/h1-2,4-5,10,13,24H,3,6-9,11-12H2,(H,19,20,21). The maximum Gasteiger partial charge on any atom is 0.257 e. The number of likely N-dealkylation sites (tertiary alicyclic amines) is 1.